The van der Waals surface area contributed by atoms with Gasteiger partial charge in [0.1, 0.15) is 10.1 Å². The molecule has 0 saturated carbocycles. The van der Waals surface area contributed by atoms with Crippen molar-refractivity contribution >= 4 is 10.1 Å². The van der Waals surface area contributed by atoms with E-state index in [4.69, 9.17) is 0 Å². The molecule has 5 heteroatoms. The third-order valence-electron chi connectivity index (χ3n) is 5.13. The largest absolute Gasteiger partial charge is 0.744 e. The molecule has 0 aliphatic heterocycles. The van der Waals surface area contributed by atoms with E-state index in [1.54, 1.807) is 17.0 Å². The van der Waals surface area contributed by atoms with Gasteiger partial charge in [-0.15, -0.1) is 0 Å². The average Bonchev–Trinajstić information content (AvgIpc) is 2.63. The summed E-state index contributed by atoms with van der Waals surface area (Å²) in [6.45, 7) is 10.0. The van der Waals surface area contributed by atoms with Gasteiger partial charge in [0, 0.05) is 0 Å². The van der Waals surface area contributed by atoms with E-state index in [1.807, 2.05) is 6.92 Å². The highest BCUT2D eigenvalue weighted by atomic mass is 32.2. The van der Waals surface area contributed by atoms with E-state index in [-0.39, 0.29) is 4.90 Å². The monoisotopic (exact) mass is 399 g/mol. The van der Waals surface area contributed by atoms with Gasteiger partial charge in [-0.25, -0.2) is 8.42 Å². The predicted molar refractivity (Wildman–Crippen MR) is 113 cm³/mol. The highest BCUT2D eigenvalue weighted by Crippen LogP contribution is 2.10. The van der Waals surface area contributed by atoms with Crippen LogP contribution >= 0.6 is 0 Å². The van der Waals surface area contributed by atoms with Gasteiger partial charge < -0.3 is 9.45 Å². The first-order valence-corrected chi connectivity index (χ1v) is 12.0. The van der Waals surface area contributed by atoms with Crippen LogP contribution in [0.1, 0.15) is 84.1 Å². The molecule has 0 fully saturated rings. The molecule has 4 nitrogen and oxygen atoms in total. The number of rotatable bonds is 12. The van der Waals surface area contributed by atoms with Crippen molar-refractivity contribution in [3.8, 4) is 0 Å². The summed E-state index contributed by atoms with van der Waals surface area (Å²) in [5, 5.41) is 0. The zero-order valence-electron chi connectivity index (χ0n) is 18.1. The number of aryl methyl sites for hydroxylation is 1. The van der Waals surface area contributed by atoms with Gasteiger partial charge in [0.15, 0.2) is 0 Å². The topological polar surface area (TPSA) is 61.6 Å². The van der Waals surface area contributed by atoms with Gasteiger partial charge in [0.25, 0.3) is 0 Å². The van der Waals surface area contributed by atoms with E-state index in [0.717, 1.165) is 11.6 Å². The fraction of sp³-hybridized carbons (Fsp3) is 0.727. The lowest BCUT2D eigenvalue weighted by Gasteiger charge is -2.24. The Bertz CT molecular complexity index is 570. The first kappa shape index (κ1) is 26.1. The second-order valence-corrected chi connectivity index (χ2v) is 8.89. The van der Waals surface area contributed by atoms with Crippen LogP contribution in [-0.4, -0.2) is 32.6 Å². The van der Waals surface area contributed by atoms with Crippen molar-refractivity contribution in [1.29, 1.82) is 0 Å². The molecule has 0 aromatic heterocycles. The number of quaternary nitrogens is 1. The van der Waals surface area contributed by atoms with E-state index in [9.17, 15) is 13.0 Å². The van der Waals surface area contributed by atoms with E-state index in [2.05, 4.69) is 27.8 Å². The zero-order valence-corrected chi connectivity index (χ0v) is 18.9. The molecule has 1 aromatic carbocycles. The second-order valence-electron chi connectivity index (χ2n) is 7.51. The quantitative estimate of drug-likeness (QED) is 0.420. The predicted octanol–water partition coefficient (Wildman–Crippen LogP) is 4.34. The van der Waals surface area contributed by atoms with Crippen molar-refractivity contribution < 1.29 is 17.9 Å². The summed E-state index contributed by atoms with van der Waals surface area (Å²) in [5.41, 5.74) is 0.928. The van der Waals surface area contributed by atoms with Gasteiger partial charge in [-0.2, -0.15) is 0 Å². The van der Waals surface area contributed by atoms with Crippen LogP contribution in [0.4, 0.5) is 0 Å². The van der Waals surface area contributed by atoms with Gasteiger partial charge in [-0.1, -0.05) is 63.6 Å². The summed E-state index contributed by atoms with van der Waals surface area (Å²) < 4.78 is 31.2. The van der Waals surface area contributed by atoms with Crippen molar-refractivity contribution in [2.75, 3.05) is 13.6 Å². The van der Waals surface area contributed by atoms with Gasteiger partial charge in [-0.3, -0.25) is 0 Å². The second kappa shape index (κ2) is 15.1. The molecule has 0 amide bonds. The third kappa shape index (κ3) is 13.0. The Balaban J connectivity index is 0.000000533. The standard InChI is InChI=1S/C15H33N.C7H8O3S/c1-5-8-10-11-12-14-15(13-9-6-2)16(4)7-3;1-6-2-4-7(5-3-6)11(8,9)10/h15H,5-14H2,1-4H3;2-5H,1H3,(H,8,9,10). The van der Waals surface area contributed by atoms with E-state index >= 15 is 0 Å². The maximum atomic E-state index is 10.4. The lowest BCUT2D eigenvalue weighted by atomic mass is 10.0. The molecule has 0 radical (unpaired) electrons. The summed E-state index contributed by atoms with van der Waals surface area (Å²) in [4.78, 5) is 1.56. The molecule has 1 N–H and O–H groups in total. The van der Waals surface area contributed by atoms with Crippen molar-refractivity contribution in [2.45, 2.75) is 96.4 Å². The number of benzene rings is 1. The molecule has 0 saturated heterocycles. The number of hydrogen-bond donors (Lipinski definition) is 1. The Morgan fingerprint density at radius 1 is 0.889 bits per heavy atom. The molecular weight excluding hydrogens is 358 g/mol. The molecule has 27 heavy (non-hydrogen) atoms. The van der Waals surface area contributed by atoms with Crippen LogP contribution in [0.15, 0.2) is 29.2 Å². The molecule has 1 aromatic rings. The number of unbranched alkanes of at least 4 members (excludes halogenated alkanes) is 5. The summed E-state index contributed by atoms with van der Waals surface area (Å²) >= 11 is 0. The minimum atomic E-state index is -4.27. The molecule has 2 unspecified atom stereocenters. The summed E-state index contributed by atoms with van der Waals surface area (Å²) in [6.07, 6.45) is 12.8. The molecule has 158 valence electrons. The first-order chi connectivity index (χ1) is 12.8. The average molecular weight is 400 g/mol. The van der Waals surface area contributed by atoms with Crippen molar-refractivity contribution in [3.63, 3.8) is 0 Å². The van der Waals surface area contributed by atoms with Crippen LogP contribution in [0.5, 0.6) is 0 Å². The van der Waals surface area contributed by atoms with Gasteiger partial charge in [0.2, 0.25) is 0 Å². The van der Waals surface area contributed by atoms with Gasteiger partial charge in [0.05, 0.1) is 24.5 Å². The maximum absolute atomic E-state index is 10.4. The van der Waals surface area contributed by atoms with E-state index in [0.29, 0.717) is 0 Å². The van der Waals surface area contributed by atoms with Gasteiger partial charge >= 0.3 is 0 Å². The minimum absolute atomic E-state index is 0.178. The van der Waals surface area contributed by atoms with Gasteiger partial charge in [-0.05, 0) is 51.7 Å². The number of hydrogen-bond acceptors (Lipinski definition) is 3. The Morgan fingerprint density at radius 3 is 1.89 bits per heavy atom. The molecule has 0 spiro atoms. The number of nitrogens with one attached hydrogen (secondary N) is 1. The third-order valence-corrected chi connectivity index (χ3v) is 5.98. The smallest absolute Gasteiger partial charge is 0.124 e. The summed E-state index contributed by atoms with van der Waals surface area (Å²) in [7, 11) is -1.90. The lowest BCUT2D eigenvalue weighted by molar-refractivity contribution is -0.905. The summed E-state index contributed by atoms with van der Waals surface area (Å²) in [5.74, 6) is 0. The molecule has 0 aliphatic rings. The highest BCUT2D eigenvalue weighted by Gasteiger charge is 2.15. The van der Waals surface area contributed by atoms with Crippen LogP contribution in [-0.2, 0) is 10.1 Å². The lowest BCUT2D eigenvalue weighted by Crippen LogP contribution is -3.12. The Kier molecular flexibility index (Phi) is 14.6. The molecule has 0 bridgehead atoms. The Morgan fingerprint density at radius 2 is 1.41 bits per heavy atom. The van der Waals surface area contributed by atoms with E-state index < -0.39 is 10.1 Å². The zero-order chi connectivity index (χ0) is 20.7. The Labute approximate surface area is 168 Å². The van der Waals surface area contributed by atoms with Crippen molar-refractivity contribution in [1.82, 2.24) is 0 Å². The van der Waals surface area contributed by atoms with Crippen molar-refractivity contribution in [3.05, 3.63) is 29.8 Å². The van der Waals surface area contributed by atoms with Crippen LogP contribution in [0, 0.1) is 6.92 Å². The van der Waals surface area contributed by atoms with Crippen LogP contribution in [0.2, 0.25) is 0 Å². The van der Waals surface area contributed by atoms with Crippen LogP contribution in [0.3, 0.4) is 0 Å². The molecule has 0 aliphatic carbocycles. The molecule has 0 heterocycles. The van der Waals surface area contributed by atoms with Crippen LogP contribution < -0.4 is 4.90 Å². The Hall–Kier alpha value is -0.910. The summed E-state index contributed by atoms with van der Waals surface area (Å²) in [6, 6.07) is 6.71. The van der Waals surface area contributed by atoms with Crippen molar-refractivity contribution in [2.24, 2.45) is 0 Å². The molecule has 2 atom stereocenters. The normalized spacial score (nSPS) is 13.6. The highest BCUT2D eigenvalue weighted by molar-refractivity contribution is 7.85. The molecule has 1 rings (SSSR count). The first-order valence-electron chi connectivity index (χ1n) is 10.6. The van der Waals surface area contributed by atoms with E-state index in [1.165, 1.54) is 76.5 Å². The molecular formula is C22H41NO3S. The SMILES string of the molecule is CCCCCCCC(CCCC)[NH+](C)CC.Cc1ccc(S(=O)(=O)[O-])cc1. The fourth-order valence-corrected chi connectivity index (χ4v) is 3.54. The maximum Gasteiger partial charge on any atom is 0.124 e. The fourth-order valence-electron chi connectivity index (χ4n) is 3.08. The minimum Gasteiger partial charge on any atom is -0.744 e. The van der Waals surface area contributed by atoms with Crippen LogP contribution in [0.25, 0.3) is 0 Å².